The first kappa shape index (κ1) is 74.2. The van der Waals surface area contributed by atoms with Gasteiger partial charge in [0.2, 0.25) is 35.2 Å². The summed E-state index contributed by atoms with van der Waals surface area (Å²) in [5.74, 6) is -2.85. The van der Waals surface area contributed by atoms with Crippen LogP contribution in [0.4, 0.5) is 9.59 Å². The molecule has 94 heavy (non-hydrogen) atoms. The first-order valence-electron chi connectivity index (χ1n) is 36.6. The number of ketones is 2. The summed E-state index contributed by atoms with van der Waals surface area (Å²) in [6, 6.07) is -5.88. The van der Waals surface area contributed by atoms with Crippen molar-refractivity contribution in [2.24, 2.45) is 80.2 Å². The molecule has 7 aliphatic carbocycles. The van der Waals surface area contributed by atoms with E-state index >= 15 is 0 Å². The fourth-order valence-electron chi connectivity index (χ4n) is 17.3. The minimum atomic E-state index is -1.06. The normalized spacial score (nSPS) is 26.9. The van der Waals surface area contributed by atoms with Gasteiger partial charge in [0.15, 0.2) is 0 Å². The Morgan fingerprint density at radius 2 is 1.01 bits per heavy atom. The van der Waals surface area contributed by atoms with Crippen LogP contribution in [-0.2, 0) is 38.4 Å². The molecule has 2 saturated heterocycles. The fourth-order valence-corrected chi connectivity index (χ4v) is 17.3. The maximum Gasteiger partial charge on any atom is 0.315 e. The van der Waals surface area contributed by atoms with E-state index in [-0.39, 0.29) is 93.8 Å². The molecule has 10 amide bonds. The standard InChI is InChI=1S/C38H61N5O5.C36H61N5O5/c1-7-21-39-33(46)30(44)27(22-25-15-16-25)40-32(45)29-28-26(37(28,5)6)23-43(29)34(47)31(36(2,3)4)41-35(48)42-38(18-11-8-12-19-38)20-17-24-13-9-10-14-24;1-34(2,3)18-17-24(22-15-10-9-11-16-22)39-33(46)40-29(35(4,5)6)32(45)41-20-23-26(36(23,7)8)27(41)31(44)38-25(28(42)30(37)43)19-21-13-12-14-21/h7,24-29,31H,1,8-23H2,2-6H3,(H,39,46)(H,40,45)(H2,41,42,48);21-27,29H,9-20H2,1-8H3,(H2,37,43)(H,38,44)(H2,39,40,46)/t26?,27?,28-,29-,31+;23?,24-,25?,26+,27+,29-/m01/s1. The molecule has 0 aromatic heterocycles. The molecular weight excluding hydrogens is 1190 g/mol. The second kappa shape index (κ2) is 30.1. The molecule has 9 N–H and O–H groups in total. The lowest BCUT2D eigenvalue weighted by atomic mass is 9.77. The van der Waals surface area contributed by atoms with Crippen LogP contribution in [0.25, 0.3) is 0 Å². The number of piperidine rings is 2. The summed E-state index contributed by atoms with van der Waals surface area (Å²) in [4.78, 5) is 138. The van der Waals surface area contributed by atoms with E-state index in [9.17, 15) is 47.9 Å². The monoisotopic (exact) mass is 1310 g/mol. The Kier molecular flexibility index (Phi) is 23.7. The number of primary amides is 1. The zero-order valence-electron chi connectivity index (χ0n) is 59.8. The number of Topliss-reactive ketones (excluding diaryl/α,β-unsaturated/α-hetero) is 2. The second-order valence-electron chi connectivity index (χ2n) is 35.2. The van der Waals surface area contributed by atoms with Crippen LogP contribution in [0.2, 0.25) is 0 Å². The molecule has 11 atom stereocenters. The van der Waals surface area contributed by atoms with E-state index in [0.29, 0.717) is 31.8 Å². The smallest absolute Gasteiger partial charge is 0.315 e. The molecule has 0 bridgehead atoms. The van der Waals surface area contributed by atoms with E-state index in [1.165, 1.54) is 57.4 Å². The Balaban J connectivity index is 0.000000241. The van der Waals surface area contributed by atoms with Crippen molar-refractivity contribution < 1.29 is 47.9 Å². The van der Waals surface area contributed by atoms with Gasteiger partial charge < -0.3 is 52.8 Å². The quantitative estimate of drug-likeness (QED) is 0.0300. The third-order valence-electron chi connectivity index (χ3n) is 23.9. The third-order valence-corrected chi connectivity index (χ3v) is 23.9. The van der Waals surface area contributed by atoms with Gasteiger partial charge in [0, 0.05) is 31.2 Å². The van der Waals surface area contributed by atoms with Crippen LogP contribution < -0.4 is 43.0 Å². The van der Waals surface area contributed by atoms with Gasteiger partial charge in [-0.25, -0.2) is 9.59 Å². The molecule has 528 valence electrons. The van der Waals surface area contributed by atoms with E-state index < -0.39 is 82.3 Å². The summed E-state index contributed by atoms with van der Waals surface area (Å²) in [6.45, 7) is 31.2. The molecule has 9 aliphatic rings. The van der Waals surface area contributed by atoms with Crippen LogP contribution in [0.15, 0.2) is 12.7 Å². The summed E-state index contributed by atoms with van der Waals surface area (Å²) in [7, 11) is 0. The van der Waals surface area contributed by atoms with Crippen molar-refractivity contribution in [2.75, 3.05) is 19.6 Å². The van der Waals surface area contributed by atoms with Crippen molar-refractivity contribution in [1.82, 2.24) is 47.0 Å². The van der Waals surface area contributed by atoms with Gasteiger partial charge in [-0.15, -0.1) is 6.58 Å². The van der Waals surface area contributed by atoms with Crippen LogP contribution in [0.1, 0.15) is 251 Å². The molecule has 4 unspecified atom stereocenters. The predicted octanol–water partition coefficient (Wildman–Crippen LogP) is 9.70. The number of rotatable bonds is 26. The van der Waals surface area contributed by atoms with Crippen molar-refractivity contribution >= 4 is 59.1 Å². The molecule has 0 aromatic carbocycles. The van der Waals surface area contributed by atoms with E-state index in [2.05, 4.69) is 92.3 Å². The van der Waals surface area contributed by atoms with Gasteiger partial charge in [-0.05, 0) is 139 Å². The van der Waals surface area contributed by atoms with Crippen LogP contribution >= 0.6 is 0 Å². The Morgan fingerprint density at radius 1 is 0.553 bits per heavy atom. The molecule has 0 spiro atoms. The number of nitrogens with zero attached hydrogens (tertiary/aromatic N) is 2. The number of urea groups is 2. The first-order valence-corrected chi connectivity index (χ1v) is 36.6. The van der Waals surface area contributed by atoms with Crippen LogP contribution in [0, 0.1) is 74.4 Å². The van der Waals surface area contributed by atoms with Gasteiger partial charge in [0.1, 0.15) is 24.2 Å². The maximum absolute atomic E-state index is 14.5. The molecule has 2 heterocycles. The van der Waals surface area contributed by atoms with Gasteiger partial charge in [-0.2, -0.15) is 0 Å². The number of likely N-dealkylation sites (tertiary alicyclic amines) is 2. The van der Waals surface area contributed by atoms with Crippen LogP contribution in [0.5, 0.6) is 0 Å². The molecule has 20 nitrogen and oxygen atoms in total. The third kappa shape index (κ3) is 18.3. The Bertz CT molecular complexity index is 2770. The van der Waals surface area contributed by atoms with E-state index in [0.717, 1.165) is 102 Å². The van der Waals surface area contributed by atoms with Crippen LogP contribution in [-0.4, -0.2) is 136 Å². The highest BCUT2D eigenvalue weighted by Crippen LogP contribution is 2.66. The fraction of sp³-hybridized carbons (Fsp3) is 0.838. The highest BCUT2D eigenvalue weighted by molar-refractivity contribution is 6.38. The lowest BCUT2D eigenvalue weighted by Crippen LogP contribution is -2.63. The van der Waals surface area contributed by atoms with Gasteiger partial charge in [-0.3, -0.25) is 38.4 Å². The number of amides is 10. The zero-order valence-corrected chi connectivity index (χ0v) is 59.8. The number of fused-ring (bicyclic) bond motifs is 2. The minimum absolute atomic E-state index is 0.0318. The zero-order chi connectivity index (χ0) is 69.0. The van der Waals surface area contributed by atoms with Gasteiger partial charge in [-0.1, -0.05) is 192 Å². The molecule has 20 heteroatoms. The maximum atomic E-state index is 14.5. The van der Waals surface area contributed by atoms with Crippen molar-refractivity contribution in [3.05, 3.63) is 12.7 Å². The first-order chi connectivity index (χ1) is 44.0. The minimum Gasteiger partial charge on any atom is -0.363 e. The molecule has 7 saturated carbocycles. The Hall–Kier alpha value is -5.56. The highest BCUT2D eigenvalue weighted by atomic mass is 16.2. The number of hydrogen-bond acceptors (Lipinski definition) is 10. The molecule has 0 radical (unpaired) electrons. The van der Waals surface area contributed by atoms with Gasteiger partial charge >= 0.3 is 12.1 Å². The number of nitrogens with two attached hydrogens (primary N) is 1. The van der Waals surface area contributed by atoms with Gasteiger partial charge in [0.05, 0.1) is 12.1 Å². The molecule has 9 fully saturated rings. The molecule has 2 aliphatic heterocycles. The second-order valence-corrected chi connectivity index (χ2v) is 35.2. The number of carbonyl (C=O) groups excluding carboxylic acids is 10. The van der Waals surface area contributed by atoms with Crippen molar-refractivity contribution in [2.45, 2.75) is 298 Å². The van der Waals surface area contributed by atoms with Crippen LogP contribution in [0.3, 0.4) is 0 Å². The average molecular weight is 1310 g/mol. The van der Waals surface area contributed by atoms with Crippen molar-refractivity contribution in [3.8, 4) is 0 Å². The number of nitrogens with one attached hydrogen (secondary N) is 7. The van der Waals surface area contributed by atoms with E-state index in [1.807, 2.05) is 41.5 Å². The summed E-state index contributed by atoms with van der Waals surface area (Å²) < 4.78 is 0. The van der Waals surface area contributed by atoms with Crippen molar-refractivity contribution in [1.29, 1.82) is 0 Å². The summed E-state index contributed by atoms with van der Waals surface area (Å²) in [5.41, 5.74) is 3.74. The summed E-state index contributed by atoms with van der Waals surface area (Å²) >= 11 is 0. The SMILES string of the molecule is C=CCNC(=O)C(=O)C(CC1CC1)NC(=O)[C@@H]1[C@@H]2C(CN1C(=O)[C@@H](NC(=O)NC1(CCC3CCCC3)CCCCC1)C(C)(C)C)C2(C)C.CC(C)(C)CC[C@@H](NC(=O)N[C@H](C(=O)N1CC2[C@@H]([C@H]1C(=O)NC(CC1CCC1)C(=O)C(N)=O)C2(C)C)C(C)(C)C)C1CCCCC1. The molecule has 0 aromatic rings. The molecular formula is C74H122N10O10. The van der Waals surface area contributed by atoms with E-state index in [1.54, 1.807) is 9.80 Å². The highest BCUT2D eigenvalue weighted by Gasteiger charge is 2.71. The predicted molar refractivity (Wildman–Crippen MR) is 364 cm³/mol. The lowest BCUT2D eigenvalue weighted by Gasteiger charge is -2.41. The van der Waals surface area contributed by atoms with E-state index in [4.69, 9.17) is 5.73 Å². The Morgan fingerprint density at radius 3 is 1.46 bits per heavy atom. The van der Waals surface area contributed by atoms with Crippen molar-refractivity contribution in [3.63, 3.8) is 0 Å². The Labute approximate surface area is 562 Å². The summed E-state index contributed by atoms with van der Waals surface area (Å²) in [6.07, 6.45) is 27.4. The lowest BCUT2D eigenvalue weighted by molar-refractivity contribution is -0.145. The molecule has 9 rings (SSSR count). The number of carbonyl (C=O) groups is 10. The summed E-state index contributed by atoms with van der Waals surface area (Å²) in [5, 5.41) is 21.1. The largest absolute Gasteiger partial charge is 0.363 e. The number of hydrogen-bond donors (Lipinski definition) is 8. The van der Waals surface area contributed by atoms with Gasteiger partial charge in [0.25, 0.3) is 11.8 Å². The average Bonchev–Trinajstić information content (AvgIpc) is 1.53. The topological polar surface area (TPSA) is 287 Å².